The molecule has 0 aromatic heterocycles. The molecule has 0 aliphatic heterocycles. The molecular formula is C13H19BrIN. The van der Waals surface area contributed by atoms with Crippen LogP contribution in [0, 0.1) is 8.99 Å². The second-order valence-corrected chi connectivity index (χ2v) is 7.45. The topological polar surface area (TPSA) is 26.0 Å². The lowest BCUT2D eigenvalue weighted by molar-refractivity contribution is 0.349. The van der Waals surface area contributed by atoms with Crippen LogP contribution in [-0.2, 0) is 0 Å². The molecule has 0 bridgehead atoms. The van der Waals surface area contributed by atoms with Gasteiger partial charge in [0.05, 0.1) is 0 Å². The Morgan fingerprint density at radius 2 is 2.00 bits per heavy atom. The third-order valence-electron chi connectivity index (χ3n) is 2.56. The molecule has 0 aliphatic rings. The van der Waals surface area contributed by atoms with Crippen molar-refractivity contribution in [3.63, 3.8) is 0 Å². The molecular weight excluding hydrogens is 377 g/mol. The maximum absolute atomic E-state index is 6.25. The molecule has 2 N–H and O–H groups in total. The van der Waals surface area contributed by atoms with Crippen molar-refractivity contribution >= 4 is 38.5 Å². The van der Waals surface area contributed by atoms with E-state index in [1.165, 1.54) is 9.13 Å². The molecule has 0 radical (unpaired) electrons. The van der Waals surface area contributed by atoms with E-state index in [4.69, 9.17) is 5.73 Å². The second-order valence-electron chi connectivity index (χ2n) is 5.37. The van der Waals surface area contributed by atoms with Crippen molar-refractivity contribution in [2.75, 3.05) is 0 Å². The average Bonchev–Trinajstić information content (AvgIpc) is 2.17. The minimum Gasteiger partial charge on any atom is -0.324 e. The first-order valence-corrected chi connectivity index (χ1v) is 7.37. The first-order valence-electron chi connectivity index (χ1n) is 5.50. The summed E-state index contributed by atoms with van der Waals surface area (Å²) >= 11 is 5.85. The minimum absolute atomic E-state index is 0.142. The smallest absolute Gasteiger partial charge is 0.0305 e. The van der Waals surface area contributed by atoms with Gasteiger partial charge in [-0.3, -0.25) is 0 Å². The molecule has 1 rings (SSSR count). The molecule has 0 saturated carbocycles. The largest absolute Gasteiger partial charge is 0.324 e. The summed E-state index contributed by atoms with van der Waals surface area (Å²) in [5.41, 5.74) is 7.85. The monoisotopic (exact) mass is 395 g/mol. The van der Waals surface area contributed by atoms with E-state index in [-0.39, 0.29) is 6.04 Å². The number of halogens is 2. The summed E-state index contributed by atoms with van der Waals surface area (Å²) < 4.78 is 2.36. The highest BCUT2D eigenvalue weighted by Gasteiger charge is 2.15. The number of nitrogens with two attached hydrogens (primary N) is 1. The molecule has 1 nitrogen and oxygen atoms in total. The summed E-state index contributed by atoms with van der Waals surface area (Å²) in [6.07, 6.45) is 2.19. The van der Waals surface area contributed by atoms with Gasteiger partial charge in [-0.05, 0) is 64.6 Å². The zero-order valence-corrected chi connectivity index (χ0v) is 13.8. The predicted molar refractivity (Wildman–Crippen MR) is 82.5 cm³/mol. The molecule has 0 heterocycles. The predicted octanol–water partition coefficient (Wildman–Crippen LogP) is 4.88. The van der Waals surface area contributed by atoms with Gasteiger partial charge in [-0.2, -0.15) is 0 Å². The third kappa shape index (κ3) is 4.72. The lowest BCUT2D eigenvalue weighted by Gasteiger charge is -2.21. The van der Waals surface area contributed by atoms with Crippen molar-refractivity contribution in [1.29, 1.82) is 0 Å². The van der Waals surface area contributed by atoms with Crippen molar-refractivity contribution < 1.29 is 0 Å². The normalized spacial score (nSPS) is 13.9. The van der Waals surface area contributed by atoms with Gasteiger partial charge >= 0.3 is 0 Å². The summed E-state index contributed by atoms with van der Waals surface area (Å²) in [5.74, 6) is 0. The first-order chi connectivity index (χ1) is 7.29. The highest BCUT2D eigenvalue weighted by molar-refractivity contribution is 14.1. The number of rotatable bonds is 3. The van der Waals surface area contributed by atoms with E-state index in [1.54, 1.807) is 0 Å². The van der Waals surface area contributed by atoms with Gasteiger partial charge in [0.1, 0.15) is 0 Å². The van der Waals surface area contributed by atoms with E-state index in [9.17, 15) is 0 Å². The lowest BCUT2D eigenvalue weighted by atomic mass is 9.87. The van der Waals surface area contributed by atoms with Crippen LogP contribution in [0.1, 0.15) is 45.2 Å². The van der Waals surface area contributed by atoms with Gasteiger partial charge < -0.3 is 5.73 Å². The van der Waals surface area contributed by atoms with Crippen LogP contribution in [0.25, 0.3) is 0 Å². The molecule has 1 unspecified atom stereocenters. The summed E-state index contributed by atoms with van der Waals surface area (Å²) in [4.78, 5) is 0. The Morgan fingerprint density at radius 1 is 1.38 bits per heavy atom. The van der Waals surface area contributed by atoms with Gasteiger partial charge in [-0.25, -0.2) is 0 Å². The quantitative estimate of drug-likeness (QED) is 0.725. The van der Waals surface area contributed by atoms with Crippen LogP contribution in [0.3, 0.4) is 0 Å². The van der Waals surface area contributed by atoms with E-state index >= 15 is 0 Å². The molecule has 1 aromatic rings. The van der Waals surface area contributed by atoms with Crippen LogP contribution in [0.15, 0.2) is 22.7 Å². The van der Waals surface area contributed by atoms with Crippen molar-refractivity contribution in [1.82, 2.24) is 0 Å². The van der Waals surface area contributed by atoms with Gasteiger partial charge in [-0.1, -0.05) is 36.7 Å². The molecule has 0 fully saturated rings. The molecule has 3 heteroatoms. The van der Waals surface area contributed by atoms with E-state index in [0.717, 1.165) is 17.3 Å². The Bertz CT molecular complexity index is 357. The van der Waals surface area contributed by atoms with Gasteiger partial charge in [0.25, 0.3) is 0 Å². The first kappa shape index (κ1) is 14.5. The van der Waals surface area contributed by atoms with Crippen molar-refractivity contribution in [2.45, 2.75) is 39.7 Å². The van der Waals surface area contributed by atoms with Crippen LogP contribution in [-0.4, -0.2) is 0 Å². The zero-order chi connectivity index (χ0) is 12.3. The highest BCUT2D eigenvalue weighted by Crippen LogP contribution is 2.29. The van der Waals surface area contributed by atoms with E-state index in [2.05, 4.69) is 77.5 Å². The SMILES string of the molecule is CC(C)(C)CCC(N)c1cc(Br)ccc1I. The second kappa shape index (κ2) is 5.83. The highest BCUT2D eigenvalue weighted by atomic mass is 127. The Kier molecular flexibility index (Phi) is 5.26. The van der Waals surface area contributed by atoms with Crippen LogP contribution in [0.4, 0.5) is 0 Å². The molecule has 0 spiro atoms. The number of hydrogen-bond donors (Lipinski definition) is 1. The lowest BCUT2D eigenvalue weighted by Crippen LogP contribution is -2.15. The maximum Gasteiger partial charge on any atom is 0.0305 e. The standard InChI is InChI=1S/C13H19BrIN/c1-13(2,3)7-6-12(16)10-8-9(14)4-5-11(10)15/h4-5,8,12H,6-7,16H2,1-3H3. The minimum atomic E-state index is 0.142. The van der Waals surface area contributed by atoms with Crippen LogP contribution in [0.2, 0.25) is 0 Å². The summed E-state index contributed by atoms with van der Waals surface area (Å²) in [7, 11) is 0. The van der Waals surface area contributed by atoms with Gasteiger partial charge in [0.15, 0.2) is 0 Å². The van der Waals surface area contributed by atoms with E-state index in [0.29, 0.717) is 5.41 Å². The van der Waals surface area contributed by atoms with Gasteiger partial charge in [0.2, 0.25) is 0 Å². The number of hydrogen-bond acceptors (Lipinski definition) is 1. The Labute approximate surface area is 120 Å². The molecule has 0 amide bonds. The zero-order valence-electron chi connectivity index (χ0n) is 10.1. The maximum atomic E-state index is 6.25. The van der Waals surface area contributed by atoms with Crippen molar-refractivity contribution in [2.24, 2.45) is 11.1 Å². The van der Waals surface area contributed by atoms with Crippen LogP contribution >= 0.6 is 38.5 Å². The van der Waals surface area contributed by atoms with E-state index < -0.39 is 0 Å². The fourth-order valence-corrected chi connectivity index (χ4v) is 2.66. The van der Waals surface area contributed by atoms with Crippen molar-refractivity contribution in [3.05, 3.63) is 31.8 Å². The summed E-state index contributed by atoms with van der Waals surface area (Å²) in [6, 6.07) is 6.44. The summed E-state index contributed by atoms with van der Waals surface area (Å²) in [5, 5.41) is 0. The fourth-order valence-electron chi connectivity index (χ4n) is 1.54. The molecule has 16 heavy (non-hydrogen) atoms. The molecule has 90 valence electrons. The van der Waals surface area contributed by atoms with Crippen LogP contribution in [0.5, 0.6) is 0 Å². The van der Waals surface area contributed by atoms with Gasteiger partial charge in [-0.15, -0.1) is 0 Å². The third-order valence-corrected chi connectivity index (χ3v) is 4.04. The molecule has 1 atom stereocenters. The Morgan fingerprint density at radius 3 is 2.56 bits per heavy atom. The Balaban J connectivity index is 2.73. The Hall–Kier alpha value is 0.390. The van der Waals surface area contributed by atoms with Gasteiger partial charge in [0, 0.05) is 14.1 Å². The van der Waals surface area contributed by atoms with E-state index in [1.807, 2.05) is 0 Å². The molecule has 1 aromatic carbocycles. The fraction of sp³-hybridized carbons (Fsp3) is 0.538. The van der Waals surface area contributed by atoms with Crippen molar-refractivity contribution in [3.8, 4) is 0 Å². The molecule has 0 saturated heterocycles. The average molecular weight is 396 g/mol. The number of benzene rings is 1. The summed E-state index contributed by atoms with van der Waals surface area (Å²) in [6.45, 7) is 6.77. The van der Waals surface area contributed by atoms with Crippen LogP contribution < -0.4 is 5.73 Å². The molecule has 0 aliphatic carbocycles.